The quantitative estimate of drug-likeness (QED) is 0.477. The van der Waals surface area contributed by atoms with Gasteiger partial charge in [0, 0.05) is 40.3 Å². The number of halogens is 4. The highest BCUT2D eigenvalue weighted by atomic mass is 32.2. The van der Waals surface area contributed by atoms with Crippen LogP contribution in [0.2, 0.25) is 0 Å². The van der Waals surface area contributed by atoms with Gasteiger partial charge in [-0.25, -0.2) is 17.6 Å². The molecule has 0 fully saturated rings. The number of hydrogen-bond donors (Lipinski definition) is 1. The molecule has 9 heteroatoms. The van der Waals surface area contributed by atoms with Gasteiger partial charge < -0.3 is 10.2 Å². The zero-order valence-electron chi connectivity index (χ0n) is 18.3. The van der Waals surface area contributed by atoms with E-state index in [1.165, 1.54) is 34.9 Å². The summed E-state index contributed by atoms with van der Waals surface area (Å²) in [5, 5.41) is 2.41. The molecule has 0 atom stereocenters. The average molecular weight is 489 g/mol. The lowest BCUT2D eigenvalue weighted by atomic mass is 10.1. The number of benzene rings is 3. The van der Waals surface area contributed by atoms with Crippen molar-refractivity contribution in [3.63, 3.8) is 0 Å². The van der Waals surface area contributed by atoms with E-state index in [1.807, 2.05) is 0 Å². The van der Waals surface area contributed by atoms with Crippen LogP contribution in [0.1, 0.15) is 35.3 Å². The van der Waals surface area contributed by atoms with Gasteiger partial charge in [0.15, 0.2) is 0 Å². The maximum Gasteiger partial charge on any atom is 0.251 e. The number of anilines is 1. The van der Waals surface area contributed by atoms with E-state index in [4.69, 9.17) is 0 Å². The highest BCUT2D eigenvalue weighted by Gasteiger charge is 2.40. The third-order valence-corrected chi connectivity index (χ3v) is 6.71. The number of thioether (sulfide) groups is 1. The lowest BCUT2D eigenvalue weighted by Gasteiger charge is -2.38. The molecule has 2 amide bonds. The molecule has 0 saturated carbocycles. The summed E-state index contributed by atoms with van der Waals surface area (Å²) in [7, 11) is 0. The average Bonchev–Trinajstić information content (AvgIpc) is 2.77. The summed E-state index contributed by atoms with van der Waals surface area (Å²) in [6.07, 6.45) is 0. The van der Waals surface area contributed by atoms with Crippen molar-refractivity contribution in [1.29, 1.82) is 0 Å². The second-order valence-corrected chi connectivity index (χ2v) is 9.97. The number of rotatable bonds is 5. The molecule has 0 aliphatic carbocycles. The van der Waals surface area contributed by atoms with Crippen molar-refractivity contribution < 1.29 is 27.2 Å². The van der Waals surface area contributed by atoms with Crippen LogP contribution in [0.3, 0.4) is 0 Å². The number of hydrogen-bond acceptors (Lipinski definition) is 3. The second-order valence-electron chi connectivity index (χ2n) is 8.31. The van der Waals surface area contributed by atoms with Gasteiger partial charge in [-0.2, -0.15) is 0 Å². The van der Waals surface area contributed by atoms with Gasteiger partial charge in [-0.15, -0.1) is 11.8 Å². The molecule has 1 heterocycles. The first-order valence-electron chi connectivity index (χ1n) is 10.4. The Hall–Kier alpha value is -3.33. The smallest absolute Gasteiger partial charge is 0.251 e. The number of nitrogens with zero attached hydrogens (tertiary/aromatic N) is 1. The van der Waals surface area contributed by atoms with Crippen LogP contribution in [0.25, 0.3) is 0 Å². The van der Waals surface area contributed by atoms with Crippen LogP contribution >= 0.6 is 11.8 Å². The van der Waals surface area contributed by atoms with Crippen molar-refractivity contribution >= 4 is 29.3 Å². The fraction of sp³-hybridized carbons (Fsp3) is 0.200. The SMILES string of the molecule is CC1(C)Sc2ccc(C(=O)NCc3c(F)cc(F)cc3F)cc2N(Cc2ccccc2F)C1=O. The molecule has 0 radical (unpaired) electrons. The Kier molecular flexibility index (Phi) is 6.40. The molecule has 34 heavy (non-hydrogen) atoms. The molecule has 0 spiro atoms. The van der Waals surface area contributed by atoms with Gasteiger partial charge in [-0.05, 0) is 38.1 Å². The molecule has 0 saturated heterocycles. The molecular formula is C25H20F4N2O2S. The van der Waals surface area contributed by atoms with Crippen molar-refractivity contribution in [3.05, 3.63) is 94.6 Å². The Morgan fingerprint density at radius 2 is 1.65 bits per heavy atom. The van der Waals surface area contributed by atoms with Crippen molar-refractivity contribution in [3.8, 4) is 0 Å². The van der Waals surface area contributed by atoms with Crippen molar-refractivity contribution in [2.24, 2.45) is 0 Å². The maximum atomic E-state index is 14.3. The standard InChI is InChI=1S/C25H20F4N2O2S/c1-25(2)24(33)31(13-15-5-3-4-6-18(15)27)21-9-14(7-8-22(21)34-25)23(32)30-12-17-19(28)10-16(26)11-20(17)29/h3-11H,12-13H2,1-2H3,(H,30,32). The Morgan fingerprint density at radius 1 is 0.971 bits per heavy atom. The lowest BCUT2D eigenvalue weighted by molar-refractivity contribution is -0.120. The van der Waals surface area contributed by atoms with Crippen LogP contribution in [-0.2, 0) is 17.9 Å². The maximum absolute atomic E-state index is 14.3. The number of amides is 2. The molecule has 3 aromatic rings. The van der Waals surface area contributed by atoms with Crippen LogP contribution in [0.4, 0.5) is 23.2 Å². The molecule has 4 rings (SSSR count). The van der Waals surface area contributed by atoms with Gasteiger partial charge in [0.25, 0.3) is 5.91 Å². The lowest BCUT2D eigenvalue weighted by Crippen LogP contribution is -2.46. The summed E-state index contributed by atoms with van der Waals surface area (Å²) in [5.41, 5.74) is 0.431. The fourth-order valence-electron chi connectivity index (χ4n) is 3.67. The highest BCUT2D eigenvalue weighted by molar-refractivity contribution is 8.01. The van der Waals surface area contributed by atoms with Gasteiger partial charge in [-0.1, -0.05) is 18.2 Å². The summed E-state index contributed by atoms with van der Waals surface area (Å²) in [4.78, 5) is 28.1. The van der Waals surface area contributed by atoms with Crippen molar-refractivity contribution in [2.45, 2.75) is 36.6 Å². The molecule has 3 aromatic carbocycles. The third-order valence-electron chi connectivity index (χ3n) is 5.46. The van der Waals surface area contributed by atoms with Crippen LogP contribution in [-0.4, -0.2) is 16.6 Å². The Morgan fingerprint density at radius 3 is 2.32 bits per heavy atom. The fourth-order valence-corrected chi connectivity index (χ4v) is 4.83. The predicted molar refractivity (Wildman–Crippen MR) is 121 cm³/mol. The van der Waals surface area contributed by atoms with Crippen molar-refractivity contribution in [2.75, 3.05) is 4.90 Å². The summed E-state index contributed by atoms with van der Waals surface area (Å²) >= 11 is 1.33. The minimum Gasteiger partial charge on any atom is -0.348 e. The summed E-state index contributed by atoms with van der Waals surface area (Å²) in [6, 6.07) is 11.9. The van der Waals surface area contributed by atoms with E-state index < -0.39 is 46.0 Å². The Bertz CT molecular complexity index is 1270. The number of nitrogens with one attached hydrogen (secondary N) is 1. The second kappa shape index (κ2) is 9.13. The monoisotopic (exact) mass is 488 g/mol. The largest absolute Gasteiger partial charge is 0.348 e. The van der Waals surface area contributed by atoms with E-state index >= 15 is 0 Å². The van der Waals surface area contributed by atoms with E-state index in [1.54, 1.807) is 38.1 Å². The Labute approximate surface area is 198 Å². The molecule has 0 unspecified atom stereocenters. The molecule has 0 bridgehead atoms. The van der Waals surface area contributed by atoms with Gasteiger partial charge in [-0.3, -0.25) is 9.59 Å². The normalized spacial score (nSPS) is 14.6. The van der Waals surface area contributed by atoms with E-state index in [0.717, 1.165) is 4.90 Å². The zero-order valence-corrected chi connectivity index (χ0v) is 19.1. The number of fused-ring (bicyclic) bond motifs is 1. The summed E-state index contributed by atoms with van der Waals surface area (Å²) in [6.45, 7) is 3.01. The van der Waals surface area contributed by atoms with Gasteiger partial charge in [0.05, 0.1) is 17.0 Å². The van der Waals surface area contributed by atoms with Gasteiger partial charge in [0.1, 0.15) is 23.3 Å². The van der Waals surface area contributed by atoms with E-state index in [-0.39, 0.29) is 18.0 Å². The summed E-state index contributed by atoms with van der Waals surface area (Å²) in [5.74, 6) is -4.61. The van der Waals surface area contributed by atoms with Crippen LogP contribution in [0.5, 0.6) is 0 Å². The van der Waals surface area contributed by atoms with Crippen LogP contribution in [0.15, 0.2) is 59.5 Å². The number of carbonyl (C=O) groups excluding carboxylic acids is 2. The molecular weight excluding hydrogens is 468 g/mol. The minimum atomic E-state index is -1.11. The molecule has 176 valence electrons. The predicted octanol–water partition coefficient (Wildman–Crippen LogP) is 5.59. The van der Waals surface area contributed by atoms with Crippen LogP contribution in [0, 0.1) is 23.3 Å². The first-order chi connectivity index (χ1) is 16.1. The van der Waals surface area contributed by atoms with Crippen molar-refractivity contribution in [1.82, 2.24) is 5.32 Å². The first-order valence-corrected chi connectivity index (χ1v) is 11.2. The van der Waals surface area contributed by atoms with Gasteiger partial charge in [0.2, 0.25) is 5.91 Å². The van der Waals surface area contributed by atoms with E-state index in [2.05, 4.69) is 5.32 Å². The minimum absolute atomic E-state index is 0.0282. The molecule has 1 N–H and O–H groups in total. The first kappa shape index (κ1) is 23.8. The van der Waals surface area contributed by atoms with Gasteiger partial charge >= 0.3 is 0 Å². The number of carbonyl (C=O) groups is 2. The molecule has 1 aliphatic heterocycles. The molecule has 1 aliphatic rings. The molecule has 4 nitrogen and oxygen atoms in total. The highest BCUT2D eigenvalue weighted by Crippen LogP contribution is 2.46. The topological polar surface area (TPSA) is 49.4 Å². The Balaban J connectivity index is 1.62. The van der Waals surface area contributed by atoms with E-state index in [0.29, 0.717) is 23.4 Å². The van der Waals surface area contributed by atoms with E-state index in [9.17, 15) is 27.2 Å². The van der Waals surface area contributed by atoms with Crippen LogP contribution < -0.4 is 10.2 Å². The summed E-state index contributed by atoms with van der Waals surface area (Å²) < 4.78 is 54.4. The molecule has 0 aromatic heterocycles. The third kappa shape index (κ3) is 4.65. The zero-order chi connectivity index (χ0) is 24.6.